The summed E-state index contributed by atoms with van der Waals surface area (Å²) in [5, 5.41) is 11.6. The molecular formula is C12H13BrN2O3. The fourth-order valence-electron chi connectivity index (χ4n) is 2.24. The van der Waals surface area contributed by atoms with Gasteiger partial charge in [0, 0.05) is 10.7 Å². The third-order valence-corrected chi connectivity index (χ3v) is 3.82. The van der Waals surface area contributed by atoms with E-state index in [1.807, 2.05) is 0 Å². The predicted molar refractivity (Wildman–Crippen MR) is 69.0 cm³/mol. The first-order valence-corrected chi connectivity index (χ1v) is 6.28. The van der Waals surface area contributed by atoms with E-state index in [1.54, 1.807) is 32.2 Å². The average Bonchev–Trinajstić information content (AvgIpc) is 2.85. The van der Waals surface area contributed by atoms with Crippen molar-refractivity contribution in [2.24, 2.45) is 17.3 Å². The molecule has 0 bridgehead atoms. The van der Waals surface area contributed by atoms with Crippen molar-refractivity contribution in [1.29, 1.82) is 0 Å². The number of aliphatic carboxylic acids is 1. The highest BCUT2D eigenvalue weighted by Crippen LogP contribution is 2.58. The Morgan fingerprint density at radius 1 is 1.39 bits per heavy atom. The molecule has 1 amide bonds. The summed E-state index contributed by atoms with van der Waals surface area (Å²) < 4.78 is 0.815. The van der Waals surface area contributed by atoms with Gasteiger partial charge in [0.25, 0.3) is 0 Å². The first-order valence-electron chi connectivity index (χ1n) is 5.49. The van der Waals surface area contributed by atoms with Crippen molar-refractivity contribution in [3.05, 3.63) is 22.8 Å². The lowest BCUT2D eigenvalue weighted by atomic mass is 10.1. The summed E-state index contributed by atoms with van der Waals surface area (Å²) in [5.41, 5.74) is -0.495. The van der Waals surface area contributed by atoms with Gasteiger partial charge in [-0.25, -0.2) is 4.98 Å². The second-order valence-corrected chi connectivity index (χ2v) is 5.88. The van der Waals surface area contributed by atoms with E-state index in [4.69, 9.17) is 5.11 Å². The number of nitrogens with zero attached hydrogens (tertiary/aromatic N) is 1. The molecule has 2 rings (SSSR count). The molecule has 1 fully saturated rings. The SMILES string of the molecule is CC1(C)C(C(=O)O)C1C(=O)Nc1ccc(Br)cn1. The van der Waals surface area contributed by atoms with E-state index in [0.29, 0.717) is 5.82 Å². The van der Waals surface area contributed by atoms with E-state index in [2.05, 4.69) is 26.2 Å². The standard InChI is InChI=1S/C12H13BrN2O3/c1-12(2)8(9(12)11(17)18)10(16)15-7-4-3-6(13)5-14-7/h3-5,8-9H,1-2H3,(H,17,18)(H,14,15,16). The van der Waals surface area contributed by atoms with E-state index < -0.39 is 23.2 Å². The van der Waals surface area contributed by atoms with E-state index in [0.717, 1.165) is 4.47 Å². The van der Waals surface area contributed by atoms with Crippen molar-refractivity contribution < 1.29 is 14.7 Å². The Bertz CT molecular complexity index is 499. The smallest absolute Gasteiger partial charge is 0.307 e. The number of nitrogens with one attached hydrogen (secondary N) is 1. The van der Waals surface area contributed by atoms with Gasteiger partial charge in [-0.05, 0) is 33.5 Å². The number of carbonyl (C=O) groups excluding carboxylic acids is 1. The molecule has 1 aliphatic rings. The van der Waals surface area contributed by atoms with Crippen molar-refractivity contribution >= 4 is 33.6 Å². The highest BCUT2D eigenvalue weighted by Gasteiger charge is 2.65. The molecular weight excluding hydrogens is 300 g/mol. The highest BCUT2D eigenvalue weighted by molar-refractivity contribution is 9.10. The molecule has 0 aromatic carbocycles. The molecule has 96 valence electrons. The summed E-state index contributed by atoms with van der Waals surface area (Å²) in [6, 6.07) is 3.42. The molecule has 0 aliphatic heterocycles. The molecule has 0 spiro atoms. The van der Waals surface area contributed by atoms with Crippen LogP contribution in [0, 0.1) is 17.3 Å². The summed E-state index contributed by atoms with van der Waals surface area (Å²) in [6.45, 7) is 3.57. The Morgan fingerprint density at radius 3 is 2.50 bits per heavy atom. The third kappa shape index (κ3) is 2.25. The van der Waals surface area contributed by atoms with Crippen LogP contribution in [0.25, 0.3) is 0 Å². The highest BCUT2D eigenvalue weighted by atomic mass is 79.9. The minimum Gasteiger partial charge on any atom is -0.481 e. The normalized spacial score (nSPS) is 24.4. The Balaban J connectivity index is 2.06. The van der Waals surface area contributed by atoms with Gasteiger partial charge in [0.15, 0.2) is 0 Å². The second kappa shape index (κ2) is 4.35. The molecule has 18 heavy (non-hydrogen) atoms. The summed E-state index contributed by atoms with van der Waals surface area (Å²) >= 11 is 3.25. The number of carboxylic acids is 1. The zero-order valence-electron chi connectivity index (χ0n) is 9.98. The zero-order valence-corrected chi connectivity index (χ0v) is 11.6. The third-order valence-electron chi connectivity index (χ3n) is 3.35. The van der Waals surface area contributed by atoms with Crippen LogP contribution in [0.5, 0.6) is 0 Å². The largest absolute Gasteiger partial charge is 0.481 e. The molecule has 2 N–H and O–H groups in total. The lowest BCUT2D eigenvalue weighted by Crippen LogP contribution is -2.18. The Hall–Kier alpha value is -1.43. The maximum Gasteiger partial charge on any atom is 0.307 e. The van der Waals surface area contributed by atoms with Gasteiger partial charge in [0.05, 0.1) is 11.8 Å². The number of halogens is 1. The van der Waals surface area contributed by atoms with Crippen molar-refractivity contribution in [3.8, 4) is 0 Å². The number of rotatable bonds is 3. The number of carbonyl (C=O) groups is 2. The molecule has 1 aromatic rings. The lowest BCUT2D eigenvalue weighted by molar-refractivity contribution is -0.140. The van der Waals surface area contributed by atoms with Crippen LogP contribution in [0.2, 0.25) is 0 Å². The van der Waals surface area contributed by atoms with Gasteiger partial charge in [0.1, 0.15) is 5.82 Å². The molecule has 5 nitrogen and oxygen atoms in total. The van der Waals surface area contributed by atoms with Crippen LogP contribution in [-0.2, 0) is 9.59 Å². The second-order valence-electron chi connectivity index (χ2n) is 4.97. The molecule has 1 saturated carbocycles. The van der Waals surface area contributed by atoms with Crippen molar-refractivity contribution in [3.63, 3.8) is 0 Å². The van der Waals surface area contributed by atoms with Crippen LogP contribution < -0.4 is 5.32 Å². The minimum atomic E-state index is -0.927. The number of carboxylic acid groups (broad SMARTS) is 1. The molecule has 1 aliphatic carbocycles. The van der Waals surface area contributed by atoms with E-state index in [9.17, 15) is 9.59 Å². The molecule has 1 heterocycles. The number of amides is 1. The van der Waals surface area contributed by atoms with E-state index in [1.165, 1.54) is 0 Å². The van der Waals surface area contributed by atoms with Gasteiger partial charge < -0.3 is 10.4 Å². The van der Waals surface area contributed by atoms with Crippen LogP contribution in [0.1, 0.15) is 13.8 Å². The van der Waals surface area contributed by atoms with Gasteiger partial charge >= 0.3 is 5.97 Å². The molecule has 0 saturated heterocycles. The summed E-state index contributed by atoms with van der Waals surface area (Å²) in [4.78, 5) is 27.0. The summed E-state index contributed by atoms with van der Waals surface area (Å²) in [7, 11) is 0. The minimum absolute atomic E-state index is 0.290. The zero-order chi connectivity index (χ0) is 13.5. The van der Waals surface area contributed by atoms with Crippen molar-refractivity contribution in [1.82, 2.24) is 4.98 Å². The quantitative estimate of drug-likeness (QED) is 0.896. The van der Waals surface area contributed by atoms with Crippen LogP contribution in [0.4, 0.5) is 5.82 Å². The number of pyridine rings is 1. The monoisotopic (exact) mass is 312 g/mol. The summed E-state index contributed by atoms with van der Waals surface area (Å²) in [5.74, 6) is -1.91. The summed E-state index contributed by atoms with van der Waals surface area (Å²) in [6.07, 6.45) is 1.57. The van der Waals surface area contributed by atoms with Crippen LogP contribution in [0.3, 0.4) is 0 Å². The Kier molecular flexibility index (Phi) is 3.14. The fraction of sp³-hybridized carbons (Fsp3) is 0.417. The van der Waals surface area contributed by atoms with Gasteiger partial charge in [-0.3, -0.25) is 9.59 Å². The Labute approximate surface area is 113 Å². The molecule has 6 heteroatoms. The van der Waals surface area contributed by atoms with Gasteiger partial charge in [0.2, 0.25) is 5.91 Å². The van der Waals surface area contributed by atoms with Gasteiger partial charge in [-0.2, -0.15) is 0 Å². The van der Waals surface area contributed by atoms with Crippen molar-refractivity contribution in [2.75, 3.05) is 5.32 Å². The van der Waals surface area contributed by atoms with Crippen molar-refractivity contribution in [2.45, 2.75) is 13.8 Å². The van der Waals surface area contributed by atoms with Crippen LogP contribution in [0.15, 0.2) is 22.8 Å². The molecule has 2 atom stereocenters. The fourth-order valence-corrected chi connectivity index (χ4v) is 2.48. The topological polar surface area (TPSA) is 79.3 Å². The number of hydrogen-bond donors (Lipinski definition) is 2. The van der Waals surface area contributed by atoms with E-state index >= 15 is 0 Å². The van der Waals surface area contributed by atoms with Crippen LogP contribution >= 0.6 is 15.9 Å². The number of aromatic nitrogens is 1. The molecule has 1 aromatic heterocycles. The number of hydrogen-bond acceptors (Lipinski definition) is 3. The Morgan fingerprint density at radius 2 is 2.06 bits per heavy atom. The van der Waals surface area contributed by atoms with Gasteiger partial charge in [-0.15, -0.1) is 0 Å². The molecule has 2 unspecified atom stereocenters. The number of anilines is 1. The lowest BCUT2D eigenvalue weighted by Gasteiger charge is -2.04. The first kappa shape index (κ1) is 13.0. The van der Waals surface area contributed by atoms with E-state index in [-0.39, 0.29) is 5.91 Å². The maximum absolute atomic E-state index is 12.0. The molecule has 0 radical (unpaired) electrons. The first-order chi connectivity index (χ1) is 8.34. The van der Waals surface area contributed by atoms with Gasteiger partial charge in [-0.1, -0.05) is 13.8 Å². The predicted octanol–water partition coefficient (Wildman–Crippen LogP) is 2.14. The maximum atomic E-state index is 12.0. The average molecular weight is 313 g/mol. The van der Waals surface area contributed by atoms with Crippen LogP contribution in [-0.4, -0.2) is 22.0 Å².